The molecule has 3 heteroatoms. The van der Waals surface area contributed by atoms with Gasteiger partial charge in [0.05, 0.1) is 18.8 Å². The summed E-state index contributed by atoms with van der Waals surface area (Å²) in [5, 5.41) is 9.18. The van der Waals surface area contributed by atoms with Crippen molar-refractivity contribution in [3.63, 3.8) is 0 Å². The molecule has 0 aliphatic heterocycles. The molecule has 0 radical (unpaired) electrons. The van der Waals surface area contributed by atoms with Gasteiger partial charge >= 0.3 is 5.97 Å². The van der Waals surface area contributed by atoms with Crippen LogP contribution in [-0.4, -0.2) is 24.3 Å². The first-order valence-corrected chi connectivity index (χ1v) is 5.44. The molecule has 1 unspecified atom stereocenters. The largest absolute Gasteiger partial charge is 0.461 e. The third-order valence-corrected chi connectivity index (χ3v) is 2.80. The molecule has 3 nitrogen and oxygen atoms in total. The van der Waals surface area contributed by atoms with Crippen LogP contribution in [-0.2, 0) is 4.74 Å². The summed E-state index contributed by atoms with van der Waals surface area (Å²) >= 11 is 0. The summed E-state index contributed by atoms with van der Waals surface area (Å²) in [6.07, 6.45) is 0.769. The molecule has 0 aliphatic carbocycles. The summed E-state index contributed by atoms with van der Waals surface area (Å²) in [4.78, 5) is 11.6. The van der Waals surface area contributed by atoms with Crippen molar-refractivity contribution in [3.8, 4) is 0 Å². The van der Waals surface area contributed by atoms with Crippen LogP contribution in [0.15, 0.2) is 30.3 Å². The van der Waals surface area contributed by atoms with Gasteiger partial charge in [-0.2, -0.15) is 0 Å². The van der Waals surface area contributed by atoms with E-state index in [2.05, 4.69) is 0 Å². The summed E-state index contributed by atoms with van der Waals surface area (Å²) in [6, 6.07) is 8.86. The third kappa shape index (κ3) is 3.35. The molecule has 1 atom stereocenters. The van der Waals surface area contributed by atoms with Crippen molar-refractivity contribution in [3.05, 3.63) is 35.9 Å². The molecule has 0 spiro atoms. The molecule has 0 bridgehead atoms. The fraction of sp³-hybridized carbons (Fsp3) is 0.462. The van der Waals surface area contributed by atoms with E-state index in [1.54, 1.807) is 24.3 Å². The van der Waals surface area contributed by atoms with E-state index in [1.807, 2.05) is 19.9 Å². The highest BCUT2D eigenvalue weighted by Gasteiger charge is 2.23. The lowest BCUT2D eigenvalue weighted by Gasteiger charge is -2.24. The highest BCUT2D eigenvalue weighted by molar-refractivity contribution is 5.89. The molecule has 0 amide bonds. The molecule has 1 N–H and O–H groups in total. The lowest BCUT2D eigenvalue weighted by molar-refractivity contribution is 0.0151. The van der Waals surface area contributed by atoms with E-state index < -0.39 is 0 Å². The molecule has 0 fully saturated rings. The molecule has 1 aromatic rings. The van der Waals surface area contributed by atoms with Crippen molar-refractivity contribution >= 4 is 5.97 Å². The highest BCUT2D eigenvalue weighted by Crippen LogP contribution is 2.20. The lowest BCUT2D eigenvalue weighted by atomic mass is 9.90. The Morgan fingerprint density at radius 2 is 2.00 bits per heavy atom. The molecule has 88 valence electrons. The van der Waals surface area contributed by atoms with Gasteiger partial charge in [0.15, 0.2) is 0 Å². The van der Waals surface area contributed by atoms with Crippen molar-refractivity contribution in [2.75, 3.05) is 13.2 Å². The SMILES string of the molecule is CCC(C)(CO)COC(=O)c1ccccc1. The van der Waals surface area contributed by atoms with E-state index in [1.165, 1.54) is 0 Å². The predicted octanol–water partition coefficient (Wildman–Crippen LogP) is 2.25. The fourth-order valence-electron chi connectivity index (χ4n) is 1.16. The van der Waals surface area contributed by atoms with Gasteiger partial charge in [-0.05, 0) is 18.6 Å². The van der Waals surface area contributed by atoms with Gasteiger partial charge in [0.1, 0.15) is 0 Å². The van der Waals surface area contributed by atoms with Crippen LogP contribution in [0.1, 0.15) is 30.6 Å². The Morgan fingerprint density at radius 1 is 1.38 bits per heavy atom. The van der Waals surface area contributed by atoms with Crippen molar-refractivity contribution in [2.24, 2.45) is 5.41 Å². The molecule has 0 aliphatic rings. The number of carbonyl (C=O) groups excluding carboxylic acids is 1. The first kappa shape index (κ1) is 12.7. The van der Waals surface area contributed by atoms with Crippen molar-refractivity contribution in [2.45, 2.75) is 20.3 Å². The Kier molecular flexibility index (Phi) is 4.50. The zero-order valence-corrected chi connectivity index (χ0v) is 9.77. The number of hydrogen-bond acceptors (Lipinski definition) is 3. The molecule has 0 saturated heterocycles. The molecular weight excluding hydrogens is 204 g/mol. The molecule has 0 saturated carbocycles. The van der Waals surface area contributed by atoms with Gasteiger partial charge < -0.3 is 9.84 Å². The maximum Gasteiger partial charge on any atom is 0.338 e. The highest BCUT2D eigenvalue weighted by atomic mass is 16.5. The molecule has 0 aromatic heterocycles. The van der Waals surface area contributed by atoms with Crippen molar-refractivity contribution in [1.29, 1.82) is 0 Å². The first-order valence-electron chi connectivity index (χ1n) is 5.44. The van der Waals surface area contributed by atoms with Crippen LogP contribution in [0.2, 0.25) is 0 Å². The van der Waals surface area contributed by atoms with E-state index in [0.29, 0.717) is 5.56 Å². The van der Waals surface area contributed by atoms with Crippen molar-refractivity contribution in [1.82, 2.24) is 0 Å². The summed E-state index contributed by atoms with van der Waals surface area (Å²) in [6.45, 7) is 4.12. The number of hydrogen-bond donors (Lipinski definition) is 1. The smallest absolute Gasteiger partial charge is 0.338 e. The summed E-state index contributed by atoms with van der Waals surface area (Å²) in [5.74, 6) is -0.339. The first-order chi connectivity index (χ1) is 7.61. The number of benzene rings is 1. The summed E-state index contributed by atoms with van der Waals surface area (Å²) in [7, 11) is 0. The minimum Gasteiger partial charge on any atom is -0.461 e. The second kappa shape index (κ2) is 5.66. The number of carbonyl (C=O) groups is 1. The quantitative estimate of drug-likeness (QED) is 0.777. The Labute approximate surface area is 96.1 Å². The van der Waals surface area contributed by atoms with Crippen LogP contribution < -0.4 is 0 Å². The van der Waals surface area contributed by atoms with Gasteiger partial charge in [-0.15, -0.1) is 0 Å². The van der Waals surface area contributed by atoms with Crippen LogP contribution in [0, 0.1) is 5.41 Å². The van der Waals surface area contributed by atoms with Crippen LogP contribution in [0.3, 0.4) is 0 Å². The Balaban J connectivity index is 2.54. The minimum atomic E-state index is -0.343. The molecule has 1 aromatic carbocycles. The van der Waals surface area contributed by atoms with Gasteiger partial charge in [0.25, 0.3) is 0 Å². The third-order valence-electron chi connectivity index (χ3n) is 2.80. The van der Waals surface area contributed by atoms with Gasteiger partial charge in [-0.1, -0.05) is 32.0 Å². The van der Waals surface area contributed by atoms with E-state index >= 15 is 0 Å². The number of aliphatic hydroxyl groups excluding tert-OH is 1. The number of rotatable bonds is 5. The average Bonchev–Trinajstić information content (AvgIpc) is 2.36. The zero-order chi connectivity index (χ0) is 12.0. The van der Waals surface area contributed by atoms with Crippen LogP contribution in [0.4, 0.5) is 0 Å². The molecular formula is C13H18O3. The normalized spacial score (nSPS) is 14.2. The number of ether oxygens (including phenoxy) is 1. The number of esters is 1. The Hall–Kier alpha value is -1.35. The predicted molar refractivity (Wildman–Crippen MR) is 62.2 cm³/mol. The monoisotopic (exact) mass is 222 g/mol. The maximum atomic E-state index is 11.6. The van der Waals surface area contributed by atoms with Crippen LogP contribution in [0.25, 0.3) is 0 Å². The molecule has 0 heterocycles. The Bertz CT molecular complexity index is 328. The van der Waals surface area contributed by atoms with Gasteiger partial charge in [-0.3, -0.25) is 0 Å². The molecule has 1 rings (SSSR count). The standard InChI is InChI=1S/C13H18O3/c1-3-13(2,9-14)10-16-12(15)11-7-5-4-6-8-11/h4-8,14H,3,9-10H2,1-2H3. The van der Waals surface area contributed by atoms with E-state index in [9.17, 15) is 9.90 Å². The van der Waals surface area contributed by atoms with Gasteiger partial charge in [0.2, 0.25) is 0 Å². The molecule has 16 heavy (non-hydrogen) atoms. The summed E-state index contributed by atoms with van der Waals surface area (Å²) in [5.41, 5.74) is 0.198. The maximum absolute atomic E-state index is 11.6. The van der Waals surface area contributed by atoms with Gasteiger partial charge in [0, 0.05) is 5.41 Å². The minimum absolute atomic E-state index is 0.0194. The zero-order valence-electron chi connectivity index (χ0n) is 9.77. The van der Waals surface area contributed by atoms with Gasteiger partial charge in [-0.25, -0.2) is 4.79 Å². The second-order valence-corrected chi connectivity index (χ2v) is 4.26. The van der Waals surface area contributed by atoms with E-state index in [4.69, 9.17) is 4.74 Å². The topological polar surface area (TPSA) is 46.5 Å². The summed E-state index contributed by atoms with van der Waals surface area (Å²) < 4.78 is 5.18. The van der Waals surface area contributed by atoms with E-state index in [-0.39, 0.29) is 24.6 Å². The fourth-order valence-corrected chi connectivity index (χ4v) is 1.16. The van der Waals surface area contributed by atoms with E-state index in [0.717, 1.165) is 6.42 Å². The van der Waals surface area contributed by atoms with Crippen LogP contribution >= 0.6 is 0 Å². The second-order valence-electron chi connectivity index (χ2n) is 4.26. The average molecular weight is 222 g/mol. The van der Waals surface area contributed by atoms with Crippen molar-refractivity contribution < 1.29 is 14.6 Å². The number of aliphatic hydroxyl groups is 1. The van der Waals surface area contributed by atoms with Crippen LogP contribution in [0.5, 0.6) is 0 Å². The Morgan fingerprint density at radius 3 is 2.50 bits per heavy atom. The lowest BCUT2D eigenvalue weighted by Crippen LogP contribution is -2.28.